The molecule has 5 rings (SSSR count). The maximum Gasteiger partial charge on any atom is 0.573 e. The molecule has 7 nitrogen and oxygen atoms in total. The zero-order chi connectivity index (χ0) is 31.3. The van der Waals surface area contributed by atoms with Crippen LogP contribution in [0.5, 0.6) is 5.75 Å². The fraction of sp³-hybridized carbons (Fsp3) is 0.545. The van der Waals surface area contributed by atoms with E-state index >= 15 is 0 Å². The summed E-state index contributed by atoms with van der Waals surface area (Å²) in [6, 6.07) is 11.9. The van der Waals surface area contributed by atoms with Crippen LogP contribution in [0.3, 0.4) is 0 Å². The molecule has 44 heavy (non-hydrogen) atoms. The van der Waals surface area contributed by atoms with Gasteiger partial charge in [0, 0.05) is 50.6 Å². The summed E-state index contributed by atoms with van der Waals surface area (Å²) in [6.07, 6.45) is 3.85. The number of nitrogens with one attached hydrogen (secondary N) is 1. The van der Waals surface area contributed by atoms with Crippen LogP contribution in [0.15, 0.2) is 52.4 Å². The Bertz CT molecular complexity index is 1380. The molecular weight excluding hydrogens is 587 g/mol. The molecule has 0 radical (unpaired) electrons. The molecule has 2 aromatic rings. The minimum Gasteiger partial charge on any atom is -0.406 e. The molecule has 1 saturated carbocycles. The molecule has 11 heteroatoms. The Morgan fingerprint density at radius 2 is 1.89 bits per heavy atom. The normalized spacial score (nSPS) is 20.0. The second-order valence-corrected chi connectivity index (χ2v) is 13.4. The molecule has 0 unspecified atom stereocenters. The number of ether oxygens (including phenoxy) is 1. The number of carbonyl (C=O) groups excluding carboxylic acids is 1. The summed E-state index contributed by atoms with van der Waals surface area (Å²) < 4.78 is 45.2. The van der Waals surface area contributed by atoms with E-state index in [9.17, 15) is 18.0 Å². The van der Waals surface area contributed by atoms with Crippen molar-refractivity contribution in [1.29, 1.82) is 0 Å². The quantitative estimate of drug-likeness (QED) is 0.315. The van der Waals surface area contributed by atoms with Gasteiger partial charge in [0.25, 0.3) is 5.91 Å². The predicted molar refractivity (Wildman–Crippen MR) is 171 cm³/mol. The number of aryl methyl sites for hydroxylation is 2. The van der Waals surface area contributed by atoms with Crippen molar-refractivity contribution >= 4 is 29.5 Å². The Kier molecular flexibility index (Phi) is 10.2. The van der Waals surface area contributed by atoms with Crippen molar-refractivity contribution in [2.24, 2.45) is 15.9 Å². The monoisotopic (exact) mass is 629 g/mol. The van der Waals surface area contributed by atoms with Crippen LogP contribution in [0.25, 0.3) is 0 Å². The fourth-order valence-corrected chi connectivity index (χ4v) is 7.27. The van der Waals surface area contributed by atoms with Gasteiger partial charge in [0.15, 0.2) is 0 Å². The van der Waals surface area contributed by atoms with Gasteiger partial charge in [0.1, 0.15) is 23.0 Å². The van der Waals surface area contributed by atoms with Crippen LogP contribution in [-0.4, -0.2) is 78.2 Å². The summed E-state index contributed by atoms with van der Waals surface area (Å²) in [5.74, 6) is 2.63. The summed E-state index contributed by atoms with van der Waals surface area (Å²) in [4.78, 5) is 24.1. The lowest BCUT2D eigenvalue weighted by molar-refractivity contribution is -0.274. The Balaban J connectivity index is 1.24. The molecule has 2 aromatic carbocycles. The molecule has 0 bridgehead atoms. The van der Waals surface area contributed by atoms with Crippen LogP contribution in [0.2, 0.25) is 0 Å². The summed E-state index contributed by atoms with van der Waals surface area (Å²) in [5, 5.41) is 3.41. The van der Waals surface area contributed by atoms with Gasteiger partial charge in [-0.25, -0.2) is 0 Å². The van der Waals surface area contributed by atoms with E-state index in [0.29, 0.717) is 22.9 Å². The highest BCUT2D eigenvalue weighted by Crippen LogP contribution is 2.35. The second-order valence-electron chi connectivity index (χ2n) is 12.2. The zero-order valence-electron chi connectivity index (χ0n) is 25.8. The van der Waals surface area contributed by atoms with Gasteiger partial charge in [-0.3, -0.25) is 19.1 Å². The standard InChI is InChI=1S/C33H42F3N5O2S/c1-23-20-27(30(42)40(2)3)13-12-25(23)14-19-44-41-17-15-32(16-18-41)31(37-22-24-8-5-4-6-9-24)38-29(39-32)26-10-7-11-28(21-26)43-33(34,35)36/h7,10-13,20-21,24H,4-6,8-9,14-19,22H2,1-3H3,(H,37,38,39). The molecule has 0 atom stereocenters. The van der Waals surface area contributed by atoms with Crippen molar-refractivity contribution in [3.63, 3.8) is 0 Å². The Labute approximate surface area is 262 Å². The average Bonchev–Trinajstić information content (AvgIpc) is 3.35. The summed E-state index contributed by atoms with van der Waals surface area (Å²) in [5.41, 5.74) is 3.12. The van der Waals surface area contributed by atoms with Gasteiger partial charge in [-0.1, -0.05) is 49.4 Å². The van der Waals surface area contributed by atoms with Crippen LogP contribution in [-0.2, 0) is 6.42 Å². The first-order valence-corrected chi connectivity index (χ1v) is 16.4. The smallest absolute Gasteiger partial charge is 0.406 e. The largest absolute Gasteiger partial charge is 0.573 e. The van der Waals surface area contributed by atoms with Crippen molar-refractivity contribution in [3.05, 3.63) is 64.7 Å². The SMILES string of the molecule is Cc1cc(C(=O)N(C)C)ccc1CCSN1CCC2(CC1)N=C(c1cccc(OC(F)(F)F)c1)NC2=NCC1CCCCC1. The number of carbonyl (C=O) groups is 1. The average molecular weight is 630 g/mol. The third-order valence-corrected chi connectivity index (χ3v) is 9.88. The first-order chi connectivity index (χ1) is 21.0. The Hall–Kier alpha value is -3.05. The summed E-state index contributed by atoms with van der Waals surface area (Å²) >= 11 is 1.83. The van der Waals surface area contributed by atoms with E-state index in [1.54, 1.807) is 31.1 Å². The van der Waals surface area contributed by atoms with Gasteiger partial charge in [0.2, 0.25) is 0 Å². The van der Waals surface area contributed by atoms with Gasteiger partial charge in [0.05, 0.1) is 0 Å². The Morgan fingerprint density at radius 3 is 2.57 bits per heavy atom. The number of halogens is 3. The zero-order valence-corrected chi connectivity index (χ0v) is 26.6. The highest BCUT2D eigenvalue weighted by Gasteiger charge is 2.44. The van der Waals surface area contributed by atoms with Crippen LogP contribution in [0.4, 0.5) is 13.2 Å². The second kappa shape index (κ2) is 13.9. The molecule has 1 amide bonds. The van der Waals surface area contributed by atoms with Crippen LogP contribution < -0.4 is 10.1 Å². The Morgan fingerprint density at radius 1 is 1.14 bits per heavy atom. The first kappa shape index (κ1) is 32.3. The minimum atomic E-state index is -4.75. The number of alkyl halides is 3. The van der Waals surface area contributed by atoms with Crippen LogP contribution in [0, 0.1) is 12.8 Å². The molecule has 2 heterocycles. The lowest BCUT2D eigenvalue weighted by Crippen LogP contribution is -2.48. The van der Waals surface area contributed by atoms with Gasteiger partial charge < -0.3 is 15.0 Å². The van der Waals surface area contributed by atoms with E-state index in [1.165, 1.54) is 49.8 Å². The third kappa shape index (κ3) is 8.15. The molecule has 238 valence electrons. The molecule has 1 aliphatic carbocycles. The van der Waals surface area contributed by atoms with Crippen LogP contribution in [0.1, 0.15) is 72.0 Å². The number of piperidine rings is 1. The fourth-order valence-electron chi connectivity index (χ4n) is 6.26. The predicted octanol–water partition coefficient (Wildman–Crippen LogP) is 6.65. The topological polar surface area (TPSA) is 69.5 Å². The number of benzene rings is 2. The lowest BCUT2D eigenvalue weighted by atomic mass is 9.87. The van der Waals surface area contributed by atoms with E-state index < -0.39 is 11.9 Å². The highest BCUT2D eigenvalue weighted by atomic mass is 32.2. The van der Waals surface area contributed by atoms with E-state index in [0.717, 1.165) is 56.0 Å². The maximum atomic E-state index is 12.9. The number of hydrogen-bond acceptors (Lipinski definition) is 6. The third-order valence-electron chi connectivity index (χ3n) is 8.77. The van der Waals surface area contributed by atoms with Gasteiger partial charge in [-0.05, 0) is 80.3 Å². The van der Waals surface area contributed by atoms with Crippen molar-refractivity contribution in [2.75, 3.05) is 39.5 Å². The van der Waals surface area contributed by atoms with Gasteiger partial charge in [-0.2, -0.15) is 0 Å². The summed E-state index contributed by atoms with van der Waals surface area (Å²) in [6.45, 7) is 4.47. The van der Waals surface area contributed by atoms with Gasteiger partial charge >= 0.3 is 6.36 Å². The molecule has 3 aliphatic rings. The number of hydrogen-bond donors (Lipinski definition) is 1. The van der Waals surface area contributed by atoms with E-state index in [4.69, 9.17) is 9.98 Å². The van der Waals surface area contributed by atoms with E-state index in [-0.39, 0.29) is 11.7 Å². The molecule has 1 N–H and O–H groups in total. The number of amidine groups is 2. The molecule has 0 aromatic heterocycles. The number of rotatable bonds is 9. The first-order valence-electron chi connectivity index (χ1n) is 15.5. The highest BCUT2D eigenvalue weighted by molar-refractivity contribution is 7.97. The van der Waals surface area contributed by atoms with Gasteiger partial charge in [-0.15, -0.1) is 13.2 Å². The van der Waals surface area contributed by atoms with Crippen LogP contribution >= 0.6 is 11.9 Å². The minimum absolute atomic E-state index is 0.00693. The van der Waals surface area contributed by atoms with E-state index in [2.05, 4.69) is 27.3 Å². The molecule has 2 aliphatic heterocycles. The van der Waals surface area contributed by atoms with Crippen molar-refractivity contribution < 1.29 is 22.7 Å². The molecule has 1 spiro atoms. The molecule has 2 fully saturated rings. The van der Waals surface area contributed by atoms with E-state index in [1.807, 2.05) is 24.1 Å². The number of amides is 1. The van der Waals surface area contributed by atoms with Crippen molar-refractivity contribution in [1.82, 2.24) is 14.5 Å². The van der Waals surface area contributed by atoms with Crippen molar-refractivity contribution in [3.8, 4) is 5.75 Å². The maximum absolute atomic E-state index is 12.9. The number of aliphatic imine (C=N–C) groups is 2. The molecule has 1 saturated heterocycles. The number of nitrogens with zero attached hydrogens (tertiary/aromatic N) is 4. The van der Waals surface area contributed by atoms with Crippen molar-refractivity contribution in [2.45, 2.75) is 70.2 Å². The summed E-state index contributed by atoms with van der Waals surface area (Å²) in [7, 11) is 3.52. The lowest BCUT2D eigenvalue weighted by Gasteiger charge is -2.36. The molecular formula is C33H42F3N5O2S.